The Hall–Kier alpha value is -2.34. The monoisotopic (exact) mass is 369 g/mol. The molecule has 0 bridgehead atoms. The number of hydrogen-bond acceptors (Lipinski definition) is 4. The maximum Gasteiger partial charge on any atom is 0.356 e. The van der Waals surface area contributed by atoms with Crippen LogP contribution in [0.25, 0.3) is 10.8 Å². The average Bonchev–Trinajstić information content (AvgIpc) is 2.59. The summed E-state index contributed by atoms with van der Waals surface area (Å²) in [5.41, 5.74) is 9.56. The molecule has 5 heteroatoms. The van der Waals surface area contributed by atoms with Crippen LogP contribution in [-0.2, 0) is 4.84 Å². The molecule has 0 spiro atoms. The van der Waals surface area contributed by atoms with Crippen molar-refractivity contribution < 1.29 is 9.63 Å². The number of halogens is 1. The van der Waals surface area contributed by atoms with Crippen LogP contribution in [-0.4, -0.2) is 5.97 Å². The molecule has 0 amide bonds. The molecule has 4 nitrogen and oxygen atoms in total. The van der Waals surface area contributed by atoms with E-state index in [1.807, 2.05) is 54.6 Å². The van der Waals surface area contributed by atoms with Gasteiger partial charge in [-0.05, 0) is 33.5 Å². The largest absolute Gasteiger partial charge is 0.373 e. The molecule has 3 rings (SSSR count). The summed E-state index contributed by atoms with van der Waals surface area (Å²) in [7, 11) is 0. The second kappa shape index (κ2) is 6.83. The van der Waals surface area contributed by atoms with Crippen LogP contribution in [0.4, 0.5) is 0 Å². The van der Waals surface area contributed by atoms with Crippen molar-refractivity contribution in [2.75, 3.05) is 0 Å². The van der Waals surface area contributed by atoms with E-state index in [2.05, 4.69) is 21.4 Å². The Morgan fingerprint density at radius 2 is 1.70 bits per heavy atom. The first-order chi connectivity index (χ1) is 11.1. The van der Waals surface area contributed by atoms with Crippen molar-refractivity contribution in [3.05, 3.63) is 88.5 Å². The van der Waals surface area contributed by atoms with Crippen LogP contribution in [0.3, 0.4) is 0 Å². The predicted octanol–water partition coefficient (Wildman–Crippen LogP) is 3.76. The Labute approximate surface area is 142 Å². The molecular weight excluding hydrogens is 356 g/mol. The van der Waals surface area contributed by atoms with Crippen LogP contribution in [0.5, 0.6) is 0 Å². The van der Waals surface area contributed by atoms with Gasteiger partial charge in [0.2, 0.25) is 0 Å². The lowest BCUT2D eigenvalue weighted by atomic mass is 10.1. The number of carbonyl (C=O) groups is 1. The van der Waals surface area contributed by atoms with Gasteiger partial charge in [0, 0.05) is 0 Å². The normalized spacial score (nSPS) is 10.5. The van der Waals surface area contributed by atoms with Crippen LogP contribution >= 0.6 is 15.9 Å². The van der Waals surface area contributed by atoms with Crippen LogP contribution in [0.2, 0.25) is 0 Å². The standard InChI is InChI=1S/C18H14BrN2O2/c19-16-9-7-13(8-10-16)17(20)21-23-18(22)15-6-5-12-3-1-2-4-14(12)11-15/h1-11,21H,20H2/q-1. The molecule has 3 N–H and O–H groups in total. The van der Waals surface area contributed by atoms with Gasteiger partial charge in [0.1, 0.15) is 0 Å². The minimum Gasteiger partial charge on any atom is -0.373 e. The van der Waals surface area contributed by atoms with E-state index in [4.69, 9.17) is 10.6 Å². The van der Waals surface area contributed by atoms with Crippen molar-refractivity contribution in [3.63, 3.8) is 0 Å². The van der Waals surface area contributed by atoms with E-state index in [-0.39, 0.29) is 6.17 Å². The van der Waals surface area contributed by atoms with Gasteiger partial charge in [0.05, 0.1) is 5.56 Å². The zero-order valence-corrected chi connectivity index (χ0v) is 13.7. The van der Waals surface area contributed by atoms with Crippen molar-refractivity contribution in [1.82, 2.24) is 5.48 Å². The van der Waals surface area contributed by atoms with Crippen LogP contribution in [0.15, 0.2) is 71.2 Å². The molecule has 0 radical (unpaired) electrons. The summed E-state index contributed by atoms with van der Waals surface area (Å²) < 4.78 is 0.946. The molecule has 0 aromatic heterocycles. The summed E-state index contributed by atoms with van der Waals surface area (Å²) in [5, 5.41) is 2.05. The highest BCUT2D eigenvalue weighted by atomic mass is 79.9. The summed E-state index contributed by atoms with van der Waals surface area (Å²) in [6, 6.07) is 20.6. The van der Waals surface area contributed by atoms with Gasteiger partial charge in [-0.15, -0.1) is 12.1 Å². The second-order valence-electron chi connectivity index (χ2n) is 4.97. The van der Waals surface area contributed by atoms with Gasteiger partial charge >= 0.3 is 5.97 Å². The average molecular weight is 370 g/mol. The number of carbonyl (C=O) groups excluding carboxylic acids is 1. The highest BCUT2D eigenvalue weighted by Crippen LogP contribution is 2.17. The second-order valence-corrected chi connectivity index (χ2v) is 5.89. The Balaban J connectivity index is 1.67. The van der Waals surface area contributed by atoms with Gasteiger partial charge in [-0.25, -0.2) is 4.79 Å². The lowest BCUT2D eigenvalue weighted by molar-refractivity contribution is 0.0280. The summed E-state index contributed by atoms with van der Waals surface area (Å²) in [4.78, 5) is 17.2. The zero-order chi connectivity index (χ0) is 16.2. The van der Waals surface area contributed by atoms with Gasteiger partial charge < -0.3 is 10.6 Å². The molecule has 0 aliphatic carbocycles. The molecule has 0 heterocycles. The van der Waals surface area contributed by atoms with Gasteiger partial charge in [0.25, 0.3) is 0 Å². The lowest BCUT2D eigenvalue weighted by Crippen LogP contribution is -2.32. The van der Waals surface area contributed by atoms with Crippen molar-refractivity contribution in [1.29, 1.82) is 0 Å². The molecule has 0 atom stereocenters. The van der Waals surface area contributed by atoms with Crippen molar-refractivity contribution in [2.24, 2.45) is 5.73 Å². The number of hydroxylamine groups is 1. The predicted molar refractivity (Wildman–Crippen MR) is 93.2 cm³/mol. The third-order valence-corrected chi connectivity index (χ3v) is 3.92. The van der Waals surface area contributed by atoms with Crippen molar-refractivity contribution >= 4 is 32.7 Å². The number of fused-ring (bicyclic) bond motifs is 1. The Kier molecular flexibility index (Phi) is 4.62. The van der Waals surface area contributed by atoms with Crippen LogP contribution in [0, 0.1) is 6.17 Å². The number of nitrogens with two attached hydrogens (primary N) is 1. The Morgan fingerprint density at radius 3 is 2.43 bits per heavy atom. The fourth-order valence-electron chi connectivity index (χ4n) is 2.16. The minimum absolute atomic E-state index is 0.270. The maximum absolute atomic E-state index is 12.1. The minimum atomic E-state index is -0.490. The molecule has 0 unspecified atom stereocenters. The maximum atomic E-state index is 12.1. The molecular formula is C18H14BrN2O2-. The first-order valence-electron chi connectivity index (χ1n) is 6.98. The van der Waals surface area contributed by atoms with E-state index >= 15 is 0 Å². The summed E-state index contributed by atoms with van der Waals surface area (Å²) in [6.45, 7) is 0. The van der Waals surface area contributed by atoms with Crippen molar-refractivity contribution in [2.45, 2.75) is 0 Å². The molecule has 0 aliphatic rings. The fourth-order valence-corrected chi connectivity index (χ4v) is 2.43. The molecule has 0 aliphatic heterocycles. The smallest absolute Gasteiger partial charge is 0.356 e. The Morgan fingerprint density at radius 1 is 1.00 bits per heavy atom. The zero-order valence-electron chi connectivity index (χ0n) is 12.1. The van der Waals surface area contributed by atoms with E-state index in [1.165, 1.54) is 0 Å². The highest BCUT2D eigenvalue weighted by molar-refractivity contribution is 9.10. The molecule has 3 aromatic rings. The van der Waals surface area contributed by atoms with Gasteiger partial charge in [0.15, 0.2) is 0 Å². The number of nitrogens with one attached hydrogen (secondary N) is 1. The summed E-state index contributed by atoms with van der Waals surface area (Å²) >= 11 is 3.35. The van der Waals surface area contributed by atoms with E-state index in [9.17, 15) is 4.79 Å². The number of rotatable bonds is 4. The quantitative estimate of drug-likeness (QED) is 0.542. The molecule has 0 saturated heterocycles. The summed E-state index contributed by atoms with van der Waals surface area (Å²) in [5.74, 6) is -0.490. The first-order valence-corrected chi connectivity index (χ1v) is 7.77. The van der Waals surface area contributed by atoms with Gasteiger partial charge in [-0.2, -0.15) is 23.2 Å². The first kappa shape index (κ1) is 15.6. The topological polar surface area (TPSA) is 64.3 Å². The Bertz CT molecular complexity index is 834. The summed E-state index contributed by atoms with van der Waals surface area (Å²) in [6.07, 6.45) is 0.270. The SMILES string of the molecule is N[C-](NOC(=O)c1ccc2ccccc2c1)c1ccc(Br)cc1. The molecule has 23 heavy (non-hydrogen) atoms. The van der Waals surface area contributed by atoms with Crippen LogP contribution in [0.1, 0.15) is 15.9 Å². The van der Waals surface area contributed by atoms with Crippen LogP contribution < -0.4 is 11.2 Å². The van der Waals surface area contributed by atoms with E-state index in [1.54, 1.807) is 12.1 Å². The molecule has 3 aromatic carbocycles. The highest BCUT2D eigenvalue weighted by Gasteiger charge is 2.09. The number of benzene rings is 3. The third-order valence-electron chi connectivity index (χ3n) is 3.39. The lowest BCUT2D eigenvalue weighted by Gasteiger charge is -2.21. The van der Waals surface area contributed by atoms with E-state index in [0.717, 1.165) is 20.8 Å². The van der Waals surface area contributed by atoms with E-state index < -0.39 is 5.97 Å². The van der Waals surface area contributed by atoms with Crippen molar-refractivity contribution in [3.8, 4) is 0 Å². The number of hydrogen-bond donors (Lipinski definition) is 2. The van der Waals surface area contributed by atoms with Gasteiger partial charge in [-0.3, -0.25) is 0 Å². The third kappa shape index (κ3) is 3.71. The molecule has 0 saturated carbocycles. The molecule has 116 valence electrons. The van der Waals surface area contributed by atoms with Gasteiger partial charge in [-0.1, -0.05) is 46.3 Å². The van der Waals surface area contributed by atoms with E-state index in [0.29, 0.717) is 5.56 Å². The molecule has 0 fully saturated rings. The fraction of sp³-hybridized carbons (Fsp3) is 0.